The van der Waals surface area contributed by atoms with Crippen LogP contribution in [0.5, 0.6) is 0 Å². The van der Waals surface area contributed by atoms with Crippen LogP contribution in [0, 0.1) is 22.7 Å². The molecule has 1 aliphatic carbocycles. The molecular weight excluding hydrogens is 282 g/mol. The lowest BCUT2D eigenvalue weighted by atomic mass is 9.87. The van der Waals surface area contributed by atoms with Crippen LogP contribution in [0.15, 0.2) is 24.3 Å². The highest BCUT2D eigenvalue weighted by Gasteiger charge is 2.26. The number of nitrogens with two attached hydrogens (primary N) is 1. The molecule has 2 aromatic rings. The molecular formula is C20H19N3. The molecule has 2 N–H and O–H groups in total. The summed E-state index contributed by atoms with van der Waals surface area (Å²) in [4.78, 5) is 0. The number of nitrogen functional groups attached to an aromatic ring is 1. The Morgan fingerprint density at radius 1 is 0.957 bits per heavy atom. The van der Waals surface area contributed by atoms with Crippen molar-refractivity contribution in [2.75, 3.05) is 5.73 Å². The van der Waals surface area contributed by atoms with Gasteiger partial charge in [0.15, 0.2) is 0 Å². The Morgan fingerprint density at radius 2 is 1.57 bits per heavy atom. The van der Waals surface area contributed by atoms with E-state index >= 15 is 0 Å². The molecule has 0 unspecified atom stereocenters. The minimum atomic E-state index is 0.332. The highest BCUT2D eigenvalue weighted by atomic mass is 14.6. The third kappa shape index (κ3) is 2.35. The number of hydrogen-bond donors (Lipinski definition) is 1. The quantitative estimate of drug-likeness (QED) is 0.841. The van der Waals surface area contributed by atoms with Gasteiger partial charge in [0, 0.05) is 5.56 Å². The van der Waals surface area contributed by atoms with Gasteiger partial charge in [-0.05, 0) is 47.4 Å². The summed E-state index contributed by atoms with van der Waals surface area (Å²) in [7, 11) is 0. The van der Waals surface area contributed by atoms with E-state index < -0.39 is 0 Å². The fraction of sp³-hybridized carbons (Fsp3) is 0.300. The molecule has 0 radical (unpaired) electrons. The van der Waals surface area contributed by atoms with Gasteiger partial charge in [-0.1, -0.05) is 38.1 Å². The molecule has 1 aliphatic rings. The Morgan fingerprint density at radius 3 is 2.13 bits per heavy atom. The molecule has 0 aromatic heterocycles. The van der Waals surface area contributed by atoms with E-state index in [-0.39, 0.29) is 0 Å². The first-order valence-corrected chi connectivity index (χ1v) is 7.96. The van der Waals surface area contributed by atoms with E-state index in [4.69, 9.17) is 5.73 Å². The van der Waals surface area contributed by atoms with Crippen molar-refractivity contribution in [2.45, 2.75) is 39.0 Å². The summed E-state index contributed by atoms with van der Waals surface area (Å²) >= 11 is 0. The van der Waals surface area contributed by atoms with Crippen LogP contribution in [0.4, 0.5) is 5.69 Å². The first-order valence-electron chi connectivity index (χ1n) is 7.96. The normalized spacial score (nSPS) is 12.7. The highest BCUT2D eigenvalue weighted by molar-refractivity contribution is 5.85. The van der Waals surface area contributed by atoms with Crippen molar-refractivity contribution in [1.82, 2.24) is 0 Å². The smallest absolute Gasteiger partial charge is 0.102 e. The lowest BCUT2D eigenvalue weighted by Gasteiger charge is -2.16. The van der Waals surface area contributed by atoms with Gasteiger partial charge >= 0.3 is 0 Å². The molecule has 3 rings (SSSR count). The Labute approximate surface area is 137 Å². The number of fused-ring (bicyclic) bond motifs is 1. The second-order valence-corrected chi connectivity index (χ2v) is 6.35. The minimum Gasteiger partial charge on any atom is -0.397 e. The molecule has 3 heteroatoms. The van der Waals surface area contributed by atoms with Crippen molar-refractivity contribution in [3.05, 3.63) is 52.1 Å². The zero-order chi connectivity index (χ0) is 16.6. The van der Waals surface area contributed by atoms with Gasteiger partial charge in [0.05, 0.1) is 16.8 Å². The fourth-order valence-electron chi connectivity index (χ4n) is 3.47. The summed E-state index contributed by atoms with van der Waals surface area (Å²) < 4.78 is 0. The molecule has 0 heterocycles. The molecule has 0 atom stereocenters. The van der Waals surface area contributed by atoms with Crippen molar-refractivity contribution in [2.24, 2.45) is 0 Å². The lowest BCUT2D eigenvalue weighted by Crippen LogP contribution is -2.04. The number of anilines is 1. The number of hydrogen-bond acceptors (Lipinski definition) is 3. The molecule has 0 fully saturated rings. The van der Waals surface area contributed by atoms with E-state index in [1.54, 1.807) is 0 Å². The average Bonchev–Trinajstić information content (AvgIpc) is 3.02. The largest absolute Gasteiger partial charge is 0.397 e. The van der Waals surface area contributed by atoms with Gasteiger partial charge in [0.1, 0.15) is 12.1 Å². The summed E-state index contributed by atoms with van der Waals surface area (Å²) in [5.41, 5.74) is 12.8. The van der Waals surface area contributed by atoms with Gasteiger partial charge in [-0.25, -0.2) is 0 Å². The van der Waals surface area contributed by atoms with Crippen molar-refractivity contribution < 1.29 is 0 Å². The zero-order valence-electron chi connectivity index (χ0n) is 13.5. The van der Waals surface area contributed by atoms with Gasteiger partial charge in [-0.3, -0.25) is 0 Å². The standard InChI is InChI=1S/C20H19N3/c1-12(2)13-6-8-14(9-7-13)19-16-5-3-4-15(16)17(10-21)20(23)18(19)11-22/h6-9,12H,3-5,23H2,1-2H3. The third-order valence-electron chi connectivity index (χ3n) is 4.70. The zero-order valence-corrected chi connectivity index (χ0v) is 13.5. The van der Waals surface area contributed by atoms with Crippen LogP contribution in [-0.2, 0) is 12.8 Å². The first-order chi connectivity index (χ1) is 11.1. The van der Waals surface area contributed by atoms with Gasteiger partial charge in [-0.2, -0.15) is 10.5 Å². The number of nitriles is 2. The van der Waals surface area contributed by atoms with Crippen LogP contribution < -0.4 is 5.73 Å². The first kappa shape index (κ1) is 15.1. The van der Waals surface area contributed by atoms with Crippen LogP contribution in [0.1, 0.15) is 54.0 Å². The van der Waals surface area contributed by atoms with Crippen molar-refractivity contribution in [3.8, 4) is 23.3 Å². The maximum Gasteiger partial charge on any atom is 0.102 e. The van der Waals surface area contributed by atoms with Crippen molar-refractivity contribution in [3.63, 3.8) is 0 Å². The van der Waals surface area contributed by atoms with Crippen LogP contribution in [-0.4, -0.2) is 0 Å². The summed E-state index contributed by atoms with van der Waals surface area (Å²) in [6.45, 7) is 4.32. The topological polar surface area (TPSA) is 73.6 Å². The van der Waals surface area contributed by atoms with E-state index in [2.05, 4.69) is 50.3 Å². The van der Waals surface area contributed by atoms with Gasteiger partial charge in [0.25, 0.3) is 0 Å². The molecule has 0 amide bonds. The third-order valence-corrected chi connectivity index (χ3v) is 4.70. The van der Waals surface area contributed by atoms with Gasteiger partial charge in [-0.15, -0.1) is 0 Å². The van der Waals surface area contributed by atoms with E-state index in [0.29, 0.717) is 22.7 Å². The summed E-state index contributed by atoms with van der Waals surface area (Å²) in [6.07, 6.45) is 2.78. The molecule has 0 spiro atoms. The summed E-state index contributed by atoms with van der Waals surface area (Å²) in [6, 6.07) is 12.8. The molecule has 3 nitrogen and oxygen atoms in total. The predicted octanol–water partition coefficient (Wildman–Crippen LogP) is 4.29. The van der Waals surface area contributed by atoms with Gasteiger partial charge in [0.2, 0.25) is 0 Å². The summed E-state index contributed by atoms with van der Waals surface area (Å²) in [5, 5.41) is 19.0. The van der Waals surface area contributed by atoms with Crippen LogP contribution >= 0.6 is 0 Å². The van der Waals surface area contributed by atoms with Gasteiger partial charge < -0.3 is 5.73 Å². The second kappa shape index (κ2) is 5.78. The highest BCUT2D eigenvalue weighted by Crippen LogP contribution is 2.41. The number of rotatable bonds is 2. The molecule has 114 valence electrons. The molecule has 0 aliphatic heterocycles. The number of benzene rings is 2. The maximum atomic E-state index is 9.62. The van der Waals surface area contributed by atoms with E-state index in [1.165, 1.54) is 5.56 Å². The Balaban J connectivity index is 2.28. The van der Waals surface area contributed by atoms with E-state index in [0.717, 1.165) is 41.5 Å². The van der Waals surface area contributed by atoms with Crippen molar-refractivity contribution >= 4 is 5.69 Å². The lowest BCUT2D eigenvalue weighted by molar-refractivity contribution is 0.867. The van der Waals surface area contributed by atoms with E-state index in [9.17, 15) is 10.5 Å². The minimum absolute atomic E-state index is 0.332. The Hall–Kier alpha value is -2.78. The molecule has 0 saturated carbocycles. The molecule has 0 bridgehead atoms. The Bertz CT molecular complexity index is 843. The SMILES string of the molecule is CC(C)c1ccc(-c2c(C#N)c(N)c(C#N)c3c2CCC3)cc1. The number of nitrogens with zero attached hydrogens (tertiary/aromatic N) is 2. The predicted molar refractivity (Wildman–Crippen MR) is 91.8 cm³/mol. The fourth-order valence-corrected chi connectivity index (χ4v) is 3.47. The molecule has 2 aromatic carbocycles. The maximum absolute atomic E-state index is 9.62. The van der Waals surface area contributed by atoms with E-state index in [1.807, 2.05) is 0 Å². The average molecular weight is 301 g/mol. The Kier molecular flexibility index (Phi) is 3.80. The van der Waals surface area contributed by atoms with Crippen LogP contribution in [0.3, 0.4) is 0 Å². The summed E-state index contributed by atoms with van der Waals surface area (Å²) in [5.74, 6) is 0.469. The van der Waals surface area contributed by atoms with Crippen molar-refractivity contribution in [1.29, 1.82) is 10.5 Å². The van der Waals surface area contributed by atoms with Crippen LogP contribution in [0.25, 0.3) is 11.1 Å². The second-order valence-electron chi connectivity index (χ2n) is 6.35. The monoisotopic (exact) mass is 301 g/mol. The molecule has 0 saturated heterocycles. The molecule has 23 heavy (non-hydrogen) atoms. The van der Waals surface area contributed by atoms with Crippen LogP contribution in [0.2, 0.25) is 0 Å².